The molecule has 4 N–H and O–H groups in total. The number of nitrogens with two attached hydrogens (primary N) is 1. The zero-order valence-electron chi connectivity index (χ0n) is 11.6. The van der Waals surface area contributed by atoms with Gasteiger partial charge < -0.3 is 15.9 Å². The monoisotopic (exact) mass is 314 g/mol. The summed E-state index contributed by atoms with van der Waals surface area (Å²) in [5.74, 6) is -1.69. The van der Waals surface area contributed by atoms with E-state index in [1.165, 1.54) is 11.2 Å². The molecule has 1 aromatic carbocycles. The van der Waals surface area contributed by atoms with E-state index in [1.807, 2.05) is 0 Å². The predicted molar refractivity (Wildman–Crippen MR) is 75.7 cm³/mol. The number of aromatic carboxylic acids is 1. The Morgan fingerprint density at radius 2 is 2.14 bits per heavy atom. The van der Waals surface area contributed by atoms with Crippen molar-refractivity contribution in [3.05, 3.63) is 23.3 Å². The molecule has 0 radical (unpaired) electrons. The van der Waals surface area contributed by atoms with E-state index in [0.717, 1.165) is 12.1 Å². The highest BCUT2D eigenvalue weighted by Crippen LogP contribution is 2.30. The van der Waals surface area contributed by atoms with Crippen LogP contribution in [0.25, 0.3) is 0 Å². The summed E-state index contributed by atoms with van der Waals surface area (Å²) in [5.41, 5.74) is 5.45. The van der Waals surface area contributed by atoms with Gasteiger partial charge in [0.25, 0.3) is 0 Å². The maximum atomic E-state index is 12.6. The van der Waals surface area contributed by atoms with Gasteiger partial charge in [-0.15, -0.1) is 0 Å². The predicted octanol–water partition coefficient (Wildman–Crippen LogP) is 0.368. The van der Waals surface area contributed by atoms with Crippen molar-refractivity contribution in [3.63, 3.8) is 0 Å². The maximum Gasteiger partial charge on any atom is 0.339 e. The fourth-order valence-electron chi connectivity index (χ4n) is 2.47. The van der Waals surface area contributed by atoms with Gasteiger partial charge in [0.2, 0.25) is 10.0 Å². The van der Waals surface area contributed by atoms with Crippen LogP contribution >= 0.6 is 0 Å². The van der Waals surface area contributed by atoms with E-state index in [2.05, 4.69) is 0 Å². The second-order valence-electron chi connectivity index (χ2n) is 5.19. The van der Waals surface area contributed by atoms with Gasteiger partial charge in [0, 0.05) is 13.1 Å². The molecule has 0 bridgehead atoms. The molecule has 0 aliphatic carbocycles. The highest BCUT2D eigenvalue weighted by Gasteiger charge is 2.33. The van der Waals surface area contributed by atoms with Crippen molar-refractivity contribution in [1.82, 2.24) is 4.31 Å². The smallest absolute Gasteiger partial charge is 0.339 e. The molecule has 1 unspecified atom stereocenters. The number of carboxylic acids is 1. The molecule has 1 fully saturated rings. The van der Waals surface area contributed by atoms with E-state index in [-0.39, 0.29) is 10.8 Å². The fourth-order valence-corrected chi connectivity index (χ4v) is 4.23. The Morgan fingerprint density at radius 3 is 2.67 bits per heavy atom. The Hall–Kier alpha value is -1.64. The third kappa shape index (κ3) is 2.87. The van der Waals surface area contributed by atoms with Crippen LogP contribution in [-0.2, 0) is 10.0 Å². The number of nitrogens with zero attached hydrogens (tertiary/aromatic N) is 1. The Kier molecular flexibility index (Phi) is 4.22. The van der Waals surface area contributed by atoms with Gasteiger partial charge in [-0.25, -0.2) is 13.2 Å². The van der Waals surface area contributed by atoms with E-state index in [0.29, 0.717) is 31.6 Å². The van der Waals surface area contributed by atoms with Crippen LogP contribution in [-0.4, -0.2) is 48.5 Å². The van der Waals surface area contributed by atoms with Crippen LogP contribution in [0.4, 0.5) is 0 Å². The van der Waals surface area contributed by atoms with Crippen molar-refractivity contribution >= 4 is 16.0 Å². The first-order valence-corrected chi connectivity index (χ1v) is 7.98. The molecule has 8 heteroatoms. The van der Waals surface area contributed by atoms with Crippen molar-refractivity contribution in [2.24, 2.45) is 11.7 Å². The summed E-state index contributed by atoms with van der Waals surface area (Å²) in [6, 6.07) is 2.17. The molecule has 0 amide bonds. The number of aryl methyl sites for hydroxylation is 1. The van der Waals surface area contributed by atoms with Crippen LogP contribution in [0.1, 0.15) is 22.3 Å². The van der Waals surface area contributed by atoms with E-state index < -0.39 is 27.3 Å². The number of hydrogen-bond donors (Lipinski definition) is 3. The first-order valence-electron chi connectivity index (χ1n) is 6.54. The minimum absolute atomic E-state index is 0.0876. The van der Waals surface area contributed by atoms with Gasteiger partial charge in [0.1, 0.15) is 11.3 Å². The average Bonchev–Trinajstić information content (AvgIpc) is 2.87. The van der Waals surface area contributed by atoms with Crippen LogP contribution in [0, 0.1) is 12.8 Å². The number of phenols is 1. The van der Waals surface area contributed by atoms with Gasteiger partial charge in [-0.3, -0.25) is 0 Å². The lowest BCUT2D eigenvalue weighted by atomic mass is 10.1. The van der Waals surface area contributed by atoms with Crippen molar-refractivity contribution in [3.8, 4) is 5.75 Å². The highest BCUT2D eigenvalue weighted by atomic mass is 32.2. The van der Waals surface area contributed by atoms with Gasteiger partial charge >= 0.3 is 5.97 Å². The highest BCUT2D eigenvalue weighted by molar-refractivity contribution is 7.89. The molecule has 21 heavy (non-hydrogen) atoms. The minimum Gasteiger partial charge on any atom is -0.507 e. The van der Waals surface area contributed by atoms with Crippen LogP contribution in [0.15, 0.2) is 17.0 Å². The van der Waals surface area contributed by atoms with Crippen molar-refractivity contribution in [2.45, 2.75) is 18.2 Å². The number of benzene rings is 1. The molecule has 1 aliphatic rings. The number of hydrogen-bond acceptors (Lipinski definition) is 5. The van der Waals surface area contributed by atoms with Gasteiger partial charge in [-0.1, -0.05) is 0 Å². The molecule has 0 spiro atoms. The lowest BCUT2D eigenvalue weighted by molar-refractivity contribution is 0.0693. The number of carbonyl (C=O) groups is 1. The topological polar surface area (TPSA) is 121 Å². The molecule has 1 saturated heterocycles. The summed E-state index contributed by atoms with van der Waals surface area (Å²) in [7, 11) is -3.78. The number of rotatable bonds is 4. The molecule has 116 valence electrons. The second-order valence-corrected chi connectivity index (χ2v) is 7.10. The van der Waals surface area contributed by atoms with Crippen LogP contribution < -0.4 is 5.73 Å². The zero-order valence-corrected chi connectivity index (χ0v) is 12.4. The molecular weight excluding hydrogens is 296 g/mol. The summed E-state index contributed by atoms with van der Waals surface area (Å²) in [4.78, 5) is 11.0. The van der Waals surface area contributed by atoms with Crippen LogP contribution in [0.5, 0.6) is 5.75 Å². The van der Waals surface area contributed by atoms with Gasteiger partial charge in [-0.2, -0.15) is 4.31 Å². The number of aromatic hydroxyl groups is 1. The zero-order chi connectivity index (χ0) is 15.8. The molecule has 0 saturated carbocycles. The third-order valence-corrected chi connectivity index (χ3v) is 5.73. The summed E-state index contributed by atoms with van der Waals surface area (Å²) >= 11 is 0. The fraction of sp³-hybridized carbons (Fsp3) is 0.462. The average molecular weight is 314 g/mol. The minimum atomic E-state index is -3.78. The molecule has 1 aliphatic heterocycles. The second kappa shape index (κ2) is 5.63. The van der Waals surface area contributed by atoms with Crippen molar-refractivity contribution < 1.29 is 23.4 Å². The van der Waals surface area contributed by atoms with Crippen LogP contribution in [0.2, 0.25) is 0 Å². The molecule has 1 heterocycles. The quantitative estimate of drug-likeness (QED) is 0.738. The van der Waals surface area contributed by atoms with Gasteiger partial charge in [-0.05, 0) is 43.5 Å². The lowest BCUT2D eigenvalue weighted by Crippen LogP contribution is -2.30. The Morgan fingerprint density at radius 1 is 1.48 bits per heavy atom. The number of sulfonamides is 1. The summed E-state index contributed by atoms with van der Waals surface area (Å²) in [5, 5.41) is 18.6. The normalized spacial score (nSPS) is 19.8. The largest absolute Gasteiger partial charge is 0.507 e. The molecule has 2 rings (SSSR count). The van der Waals surface area contributed by atoms with Crippen molar-refractivity contribution in [1.29, 1.82) is 0 Å². The first-order chi connectivity index (χ1) is 9.77. The first kappa shape index (κ1) is 15.7. The Labute approximate surface area is 123 Å². The molecule has 7 nitrogen and oxygen atoms in total. The van der Waals surface area contributed by atoms with Crippen molar-refractivity contribution in [2.75, 3.05) is 19.6 Å². The molecule has 1 aromatic rings. The molecular formula is C13H18N2O5S. The lowest BCUT2D eigenvalue weighted by Gasteiger charge is -2.18. The SMILES string of the molecule is Cc1cc(O)c(C(=O)O)cc1S(=O)(=O)N1CCC(CN)C1. The molecule has 1 atom stereocenters. The van der Waals surface area contributed by atoms with Crippen LogP contribution in [0.3, 0.4) is 0 Å². The van der Waals surface area contributed by atoms with E-state index in [1.54, 1.807) is 0 Å². The van der Waals surface area contributed by atoms with E-state index >= 15 is 0 Å². The summed E-state index contributed by atoms with van der Waals surface area (Å²) in [6.07, 6.45) is 0.693. The summed E-state index contributed by atoms with van der Waals surface area (Å²) in [6.45, 7) is 2.64. The third-order valence-electron chi connectivity index (χ3n) is 3.72. The molecule has 0 aromatic heterocycles. The van der Waals surface area contributed by atoms with Gasteiger partial charge in [0.05, 0.1) is 4.90 Å². The Balaban J connectivity index is 2.45. The Bertz CT molecular complexity index is 671. The summed E-state index contributed by atoms with van der Waals surface area (Å²) < 4.78 is 26.5. The van der Waals surface area contributed by atoms with Gasteiger partial charge in [0.15, 0.2) is 0 Å². The number of carboxylic acid groups (broad SMARTS) is 1. The van der Waals surface area contributed by atoms with E-state index in [4.69, 9.17) is 10.8 Å². The maximum absolute atomic E-state index is 12.6. The van der Waals surface area contributed by atoms with E-state index in [9.17, 15) is 18.3 Å². The standard InChI is InChI=1S/C13H18N2O5S/c1-8-4-11(16)10(13(17)18)5-12(8)21(19,20)15-3-2-9(6-14)7-15/h4-5,9,16H,2-3,6-7,14H2,1H3,(H,17,18).